The van der Waals surface area contributed by atoms with Crippen LogP contribution in [0.3, 0.4) is 0 Å². The van der Waals surface area contributed by atoms with Gasteiger partial charge in [0.2, 0.25) is 5.91 Å². The molecule has 7 nitrogen and oxygen atoms in total. The highest BCUT2D eigenvalue weighted by Gasteiger charge is 2.38. The minimum absolute atomic E-state index is 0. The molecule has 2 aliphatic rings. The number of likely N-dealkylation sites (tertiary alicyclic amines) is 1. The van der Waals surface area contributed by atoms with Crippen LogP contribution in [0, 0.1) is 0 Å². The standard InChI is InChI=1S/C16H22N4O3S.ClH/c1-17-9-5-10-18-16(21)13-7-4-11-20(13)15-12-6-2-3-8-14(12)24(22,23)19-15;/h2-3,6,8,13,17H,4-5,7,9-11H2,1H3,(H,18,21);1H. The van der Waals surface area contributed by atoms with Crippen molar-refractivity contribution in [3.05, 3.63) is 29.8 Å². The van der Waals surface area contributed by atoms with Crippen LogP contribution in [0.5, 0.6) is 0 Å². The first-order chi connectivity index (χ1) is 11.5. The Kier molecular flexibility index (Phi) is 6.42. The van der Waals surface area contributed by atoms with E-state index in [-0.39, 0.29) is 29.3 Å². The molecule has 0 aromatic heterocycles. The zero-order valence-electron chi connectivity index (χ0n) is 14.1. The fourth-order valence-corrected chi connectivity index (χ4v) is 4.40. The fourth-order valence-electron chi connectivity index (χ4n) is 3.18. The summed E-state index contributed by atoms with van der Waals surface area (Å²) in [5.41, 5.74) is 0.590. The number of halogens is 1. The van der Waals surface area contributed by atoms with Gasteiger partial charge in [0.05, 0.1) is 0 Å². The molecule has 1 aromatic rings. The number of rotatable bonds is 5. The smallest absolute Gasteiger partial charge is 0.285 e. The molecule has 2 N–H and O–H groups in total. The Labute approximate surface area is 154 Å². The van der Waals surface area contributed by atoms with Crippen molar-refractivity contribution in [3.63, 3.8) is 0 Å². The van der Waals surface area contributed by atoms with Crippen molar-refractivity contribution >= 4 is 34.2 Å². The van der Waals surface area contributed by atoms with Crippen LogP contribution >= 0.6 is 12.4 Å². The Morgan fingerprint density at radius 3 is 2.84 bits per heavy atom. The Hall–Kier alpha value is -1.64. The third-order valence-electron chi connectivity index (χ3n) is 4.34. The minimum atomic E-state index is -3.66. The summed E-state index contributed by atoms with van der Waals surface area (Å²) in [4.78, 5) is 14.5. The second kappa shape index (κ2) is 8.16. The van der Waals surface area contributed by atoms with Gasteiger partial charge in [0.25, 0.3) is 10.0 Å². The zero-order valence-corrected chi connectivity index (χ0v) is 15.7. The van der Waals surface area contributed by atoms with Crippen LogP contribution in [0.4, 0.5) is 0 Å². The Balaban J connectivity index is 0.00000225. The molecule has 9 heteroatoms. The predicted molar refractivity (Wildman–Crippen MR) is 98.7 cm³/mol. The summed E-state index contributed by atoms with van der Waals surface area (Å²) in [5.74, 6) is 0.339. The number of carbonyl (C=O) groups excluding carboxylic acids is 1. The molecule has 0 aliphatic carbocycles. The summed E-state index contributed by atoms with van der Waals surface area (Å²) in [6.45, 7) is 2.08. The van der Waals surface area contributed by atoms with Gasteiger partial charge in [0.15, 0.2) is 5.84 Å². The maximum atomic E-state index is 12.5. The van der Waals surface area contributed by atoms with E-state index in [2.05, 4.69) is 15.0 Å². The van der Waals surface area contributed by atoms with Crippen molar-refractivity contribution in [3.8, 4) is 0 Å². The highest BCUT2D eigenvalue weighted by atomic mass is 35.5. The van der Waals surface area contributed by atoms with Gasteiger partial charge in [-0.05, 0) is 45.0 Å². The molecule has 1 fully saturated rings. The van der Waals surface area contributed by atoms with Gasteiger partial charge in [-0.3, -0.25) is 4.79 Å². The molecular weight excluding hydrogens is 364 g/mol. The van der Waals surface area contributed by atoms with Crippen LogP contribution in [0.2, 0.25) is 0 Å². The third kappa shape index (κ3) is 3.96. The number of hydrogen-bond donors (Lipinski definition) is 2. The van der Waals surface area contributed by atoms with E-state index in [1.54, 1.807) is 24.3 Å². The van der Waals surface area contributed by atoms with Crippen molar-refractivity contribution in [2.24, 2.45) is 4.40 Å². The molecule has 2 heterocycles. The average molecular weight is 387 g/mol. The number of hydrogen-bond acceptors (Lipinski definition) is 5. The lowest BCUT2D eigenvalue weighted by molar-refractivity contribution is -0.124. The molecule has 1 saturated heterocycles. The van der Waals surface area contributed by atoms with Crippen LogP contribution in [0.15, 0.2) is 33.6 Å². The van der Waals surface area contributed by atoms with Crippen LogP contribution in [-0.4, -0.2) is 57.8 Å². The summed E-state index contributed by atoms with van der Waals surface area (Å²) in [6.07, 6.45) is 2.40. The van der Waals surface area contributed by atoms with Gasteiger partial charge in [-0.25, -0.2) is 0 Å². The number of amidine groups is 1. The van der Waals surface area contributed by atoms with Crippen LogP contribution in [0.25, 0.3) is 0 Å². The Bertz CT molecular complexity index is 766. The molecule has 0 saturated carbocycles. The largest absolute Gasteiger partial charge is 0.354 e. The molecule has 138 valence electrons. The van der Waals surface area contributed by atoms with Crippen LogP contribution in [0.1, 0.15) is 24.8 Å². The van der Waals surface area contributed by atoms with Gasteiger partial charge in [-0.2, -0.15) is 8.42 Å². The second-order valence-electron chi connectivity index (χ2n) is 5.99. The maximum Gasteiger partial charge on any atom is 0.285 e. The normalized spacial score (nSPS) is 20.6. The summed E-state index contributed by atoms with van der Waals surface area (Å²) in [5, 5.41) is 5.97. The van der Waals surface area contributed by atoms with E-state index in [1.165, 1.54) is 0 Å². The molecule has 0 radical (unpaired) electrons. The summed E-state index contributed by atoms with van der Waals surface area (Å²) < 4.78 is 28.4. The topological polar surface area (TPSA) is 90.9 Å². The summed E-state index contributed by atoms with van der Waals surface area (Å²) in [7, 11) is -1.79. The number of sulfonamides is 1. The van der Waals surface area contributed by atoms with E-state index in [9.17, 15) is 13.2 Å². The fraction of sp³-hybridized carbons (Fsp3) is 0.500. The van der Waals surface area contributed by atoms with Gasteiger partial charge in [0, 0.05) is 18.7 Å². The van der Waals surface area contributed by atoms with Gasteiger partial charge in [-0.15, -0.1) is 16.8 Å². The lowest BCUT2D eigenvalue weighted by atomic mass is 10.1. The monoisotopic (exact) mass is 386 g/mol. The quantitative estimate of drug-likeness (QED) is 0.728. The summed E-state index contributed by atoms with van der Waals surface area (Å²) >= 11 is 0. The molecule has 1 atom stereocenters. The Morgan fingerprint density at radius 1 is 1.32 bits per heavy atom. The molecular formula is C16H23ClN4O3S. The van der Waals surface area contributed by atoms with Crippen molar-refractivity contribution < 1.29 is 13.2 Å². The lowest BCUT2D eigenvalue weighted by Crippen LogP contribution is -2.46. The number of amides is 1. The number of nitrogens with zero attached hydrogens (tertiary/aromatic N) is 2. The first-order valence-electron chi connectivity index (χ1n) is 8.18. The molecule has 1 aromatic carbocycles. The highest BCUT2D eigenvalue weighted by Crippen LogP contribution is 2.31. The SMILES string of the molecule is CNCCCNC(=O)C1CCCN1C1=NS(=O)(=O)c2ccccc21.Cl. The molecule has 3 rings (SSSR count). The second-order valence-corrected chi connectivity index (χ2v) is 7.56. The zero-order chi connectivity index (χ0) is 17.2. The first kappa shape index (κ1) is 19.7. The Morgan fingerprint density at radius 2 is 2.08 bits per heavy atom. The van der Waals surface area contributed by atoms with Gasteiger partial charge in [0.1, 0.15) is 10.9 Å². The average Bonchev–Trinajstić information content (AvgIpc) is 3.15. The van der Waals surface area contributed by atoms with Gasteiger partial charge < -0.3 is 15.5 Å². The van der Waals surface area contributed by atoms with E-state index in [0.717, 1.165) is 19.4 Å². The third-order valence-corrected chi connectivity index (χ3v) is 5.67. The summed E-state index contributed by atoms with van der Waals surface area (Å²) in [6, 6.07) is 6.42. The molecule has 1 unspecified atom stereocenters. The van der Waals surface area contributed by atoms with Crippen LogP contribution < -0.4 is 10.6 Å². The van der Waals surface area contributed by atoms with E-state index >= 15 is 0 Å². The van der Waals surface area contributed by atoms with E-state index < -0.39 is 10.0 Å². The van der Waals surface area contributed by atoms with Crippen molar-refractivity contribution in [2.45, 2.75) is 30.2 Å². The molecule has 1 amide bonds. The molecule has 2 aliphatic heterocycles. The predicted octanol–water partition coefficient (Wildman–Crippen LogP) is 0.747. The van der Waals surface area contributed by atoms with Crippen molar-refractivity contribution in [2.75, 3.05) is 26.7 Å². The van der Waals surface area contributed by atoms with E-state index in [1.807, 2.05) is 11.9 Å². The van der Waals surface area contributed by atoms with Crippen LogP contribution in [-0.2, 0) is 14.8 Å². The maximum absolute atomic E-state index is 12.5. The van der Waals surface area contributed by atoms with E-state index in [4.69, 9.17) is 0 Å². The van der Waals surface area contributed by atoms with Crippen molar-refractivity contribution in [1.82, 2.24) is 15.5 Å². The van der Waals surface area contributed by atoms with Crippen molar-refractivity contribution in [1.29, 1.82) is 0 Å². The lowest BCUT2D eigenvalue weighted by Gasteiger charge is -2.25. The molecule has 0 spiro atoms. The number of fused-ring (bicyclic) bond motifs is 1. The molecule has 25 heavy (non-hydrogen) atoms. The van der Waals surface area contributed by atoms with E-state index in [0.29, 0.717) is 30.9 Å². The minimum Gasteiger partial charge on any atom is -0.354 e. The number of nitrogens with one attached hydrogen (secondary N) is 2. The van der Waals surface area contributed by atoms with Gasteiger partial charge in [-0.1, -0.05) is 12.1 Å². The van der Waals surface area contributed by atoms with Gasteiger partial charge >= 0.3 is 0 Å². The number of carbonyl (C=O) groups is 1. The highest BCUT2D eigenvalue weighted by molar-refractivity contribution is 7.90. The number of benzene rings is 1. The first-order valence-corrected chi connectivity index (χ1v) is 9.62. The molecule has 0 bridgehead atoms.